The number of hydrogen-bond acceptors (Lipinski definition) is 3. The van der Waals surface area contributed by atoms with Gasteiger partial charge < -0.3 is 0 Å². The summed E-state index contributed by atoms with van der Waals surface area (Å²) in [6.07, 6.45) is 1.50. The van der Waals surface area contributed by atoms with Gasteiger partial charge in [0.25, 0.3) is 0 Å². The molecule has 0 spiro atoms. The smallest absolute Gasteiger partial charge is 0.150 e. The Bertz CT molecular complexity index is 978. The molecule has 120 valence electrons. The highest BCUT2D eigenvalue weighted by Crippen LogP contribution is 2.44. The Morgan fingerprint density at radius 3 is 1.36 bits per heavy atom. The zero-order valence-electron chi connectivity index (χ0n) is 13.3. The van der Waals surface area contributed by atoms with Crippen molar-refractivity contribution in [2.75, 3.05) is 0 Å². The molecule has 3 heteroatoms. The summed E-state index contributed by atoms with van der Waals surface area (Å²) in [5.41, 5.74) is 3.07. The van der Waals surface area contributed by atoms with Crippen LogP contribution in [0.25, 0.3) is 31.7 Å². The lowest BCUT2D eigenvalue weighted by molar-refractivity contribution is 0.109. The fraction of sp³-hybridized carbons (Fsp3) is 0. The van der Waals surface area contributed by atoms with Crippen LogP contribution in [0.15, 0.2) is 72.8 Å². The molecule has 0 bridgehead atoms. The van der Waals surface area contributed by atoms with Crippen molar-refractivity contribution >= 4 is 34.7 Å². The number of carbonyl (C=O) groups is 2. The third-order valence-corrected chi connectivity index (χ3v) is 5.56. The third-order valence-electron chi connectivity index (χ3n) is 4.24. The third kappa shape index (κ3) is 2.69. The molecule has 0 aliphatic heterocycles. The van der Waals surface area contributed by atoms with E-state index in [9.17, 15) is 9.59 Å². The number of aldehydes is 2. The second kappa shape index (κ2) is 6.46. The molecule has 0 fully saturated rings. The molecule has 0 unspecified atom stereocenters. The zero-order chi connectivity index (χ0) is 17.2. The Morgan fingerprint density at radius 1 is 0.600 bits per heavy atom. The fourth-order valence-electron chi connectivity index (χ4n) is 3.03. The van der Waals surface area contributed by atoms with Crippen LogP contribution in [-0.2, 0) is 0 Å². The summed E-state index contributed by atoms with van der Waals surface area (Å²) in [5.74, 6) is 0. The fourth-order valence-corrected chi connectivity index (χ4v) is 4.30. The van der Waals surface area contributed by atoms with E-state index in [4.69, 9.17) is 0 Å². The molecule has 3 aromatic carbocycles. The molecule has 25 heavy (non-hydrogen) atoms. The molecule has 0 amide bonds. The van der Waals surface area contributed by atoms with E-state index < -0.39 is 0 Å². The molecule has 0 N–H and O–H groups in total. The summed E-state index contributed by atoms with van der Waals surface area (Å²) in [7, 11) is 0. The van der Waals surface area contributed by atoms with E-state index in [-0.39, 0.29) is 0 Å². The molecular formula is C22H14O2S. The Hall–Kier alpha value is -3.04. The van der Waals surface area contributed by atoms with Crippen LogP contribution in [0, 0.1) is 0 Å². The molecule has 2 nitrogen and oxygen atoms in total. The number of benzene rings is 3. The molecule has 0 saturated heterocycles. The maximum absolute atomic E-state index is 11.4. The minimum absolute atomic E-state index is 0.428. The Balaban J connectivity index is 2.09. The van der Waals surface area contributed by atoms with Crippen LogP contribution in [0.5, 0.6) is 0 Å². The molecule has 0 aliphatic rings. The highest BCUT2D eigenvalue weighted by molar-refractivity contribution is 7.21. The topological polar surface area (TPSA) is 34.1 Å². The molecule has 4 rings (SSSR count). The van der Waals surface area contributed by atoms with Crippen molar-refractivity contribution < 1.29 is 9.59 Å². The molecular weight excluding hydrogens is 328 g/mol. The minimum Gasteiger partial charge on any atom is -0.298 e. The molecule has 0 saturated carbocycles. The lowest BCUT2D eigenvalue weighted by Gasteiger charge is -2.03. The van der Waals surface area contributed by atoms with Crippen LogP contribution in [-0.4, -0.2) is 12.6 Å². The lowest BCUT2D eigenvalue weighted by Crippen LogP contribution is -1.90. The first kappa shape index (κ1) is 15.5. The van der Waals surface area contributed by atoms with Gasteiger partial charge in [0.05, 0.1) is 0 Å². The van der Waals surface area contributed by atoms with E-state index in [0.717, 1.165) is 44.2 Å². The van der Waals surface area contributed by atoms with Crippen molar-refractivity contribution in [2.45, 2.75) is 0 Å². The van der Waals surface area contributed by atoms with Gasteiger partial charge in [-0.15, -0.1) is 11.3 Å². The van der Waals surface area contributed by atoms with Gasteiger partial charge in [0, 0.05) is 31.7 Å². The maximum atomic E-state index is 11.4. The molecule has 0 aliphatic carbocycles. The molecule has 4 aromatic rings. The normalized spacial score (nSPS) is 10.7. The highest BCUT2D eigenvalue weighted by atomic mass is 32.1. The van der Waals surface area contributed by atoms with Gasteiger partial charge in [-0.3, -0.25) is 9.59 Å². The first-order valence-corrected chi connectivity index (χ1v) is 8.75. The van der Waals surface area contributed by atoms with Gasteiger partial charge in [0.15, 0.2) is 12.6 Å². The van der Waals surface area contributed by atoms with Crippen molar-refractivity contribution in [3.63, 3.8) is 0 Å². The quantitative estimate of drug-likeness (QED) is 0.435. The van der Waals surface area contributed by atoms with Crippen molar-refractivity contribution in [3.05, 3.63) is 83.9 Å². The van der Waals surface area contributed by atoms with Crippen LogP contribution >= 0.6 is 11.3 Å². The van der Waals surface area contributed by atoms with Crippen LogP contribution < -0.4 is 0 Å². The number of fused-ring (bicyclic) bond motifs is 1. The SMILES string of the molecule is O=Cc1cc2c(-c3ccccc3)sc(-c3ccccc3)c2cc1C=O. The van der Waals surface area contributed by atoms with Gasteiger partial charge in [-0.2, -0.15) is 0 Å². The van der Waals surface area contributed by atoms with Gasteiger partial charge in [0.2, 0.25) is 0 Å². The summed E-state index contributed by atoms with van der Waals surface area (Å²) in [6.45, 7) is 0. The monoisotopic (exact) mass is 342 g/mol. The highest BCUT2D eigenvalue weighted by Gasteiger charge is 2.16. The maximum Gasteiger partial charge on any atom is 0.150 e. The van der Waals surface area contributed by atoms with E-state index in [1.807, 2.05) is 48.5 Å². The van der Waals surface area contributed by atoms with Crippen LogP contribution in [0.2, 0.25) is 0 Å². The van der Waals surface area contributed by atoms with Crippen molar-refractivity contribution in [2.24, 2.45) is 0 Å². The van der Waals surface area contributed by atoms with E-state index in [2.05, 4.69) is 24.3 Å². The Morgan fingerprint density at radius 2 is 1.00 bits per heavy atom. The molecule has 0 atom stereocenters. The Kier molecular flexibility index (Phi) is 4.00. The van der Waals surface area contributed by atoms with Crippen LogP contribution in [0.1, 0.15) is 20.7 Å². The van der Waals surface area contributed by atoms with Crippen molar-refractivity contribution in [3.8, 4) is 20.9 Å². The number of rotatable bonds is 4. The summed E-state index contributed by atoms with van der Waals surface area (Å²) in [6, 6.07) is 23.9. The van der Waals surface area contributed by atoms with E-state index in [0.29, 0.717) is 11.1 Å². The summed E-state index contributed by atoms with van der Waals surface area (Å²) >= 11 is 1.69. The van der Waals surface area contributed by atoms with Gasteiger partial charge in [-0.25, -0.2) is 0 Å². The summed E-state index contributed by atoms with van der Waals surface area (Å²) in [5, 5.41) is 2.01. The van der Waals surface area contributed by atoms with Gasteiger partial charge in [0.1, 0.15) is 0 Å². The lowest BCUT2D eigenvalue weighted by atomic mass is 9.99. The Labute approximate surface area is 149 Å². The van der Waals surface area contributed by atoms with Gasteiger partial charge in [-0.1, -0.05) is 60.7 Å². The first-order chi connectivity index (χ1) is 12.3. The summed E-state index contributed by atoms with van der Waals surface area (Å²) in [4.78, 5) is 25.0. The number of thiophene rings is 1. The van der Waals surface area contributed by atoms with Crippen LogP contribution in [0.4, 0.5) is 0 Å². The average molecular weight is 342 g/mol. The van der Waals surface area contributed by atoms with Crippen molar-refractivity contribution in [1.29, 1.82) is 0 Å². The predicted molar refractivity (Wildman–Crippen MR) is 103 cm³/mol. The molecule has 0 radical (unpaired) electrons. The minimum atomic E-state index is 0.428. The second-order valence-electron chi connectivity index (χ2n) is 5.75. The first-order valence-electron chi connectivity index (χ1n) is 7.93. The molecule has 1 aromatic heterocycles. The second-order valence-corrected chi connectivity index (χ2v) is 6.78. The van der Waals surface area contributed by atoms with Crippen molar-refractivity contribution in [1.82, 2.24) is 0 Å². The van der Waals surface area contributed by atoms with E-state index >= 15 is 0 Å². The standard InChI is InChI=1S/C22H14O2S/c23-13-17-11-19-20(12-18(17)14-24)22(16-9-5-2-6-10-16)25-21(19)15-7-3-1-4-8-15/h1-14H. The van der Waals surface area contributed by atoms with Gasteiger partial charge >= 0.3 is 0 Å². The zero-order valence-corrected chi connectivity index (χ0v) is 14.1. The predicted octanol–water partition coefficient (Wildman–Crippen LogP) is 5.86. The number of hydrogen-bond donors (Lipinski definition) is 0. The van der Waals surface area contributed by atoms with E-state index in [1.54, 1.807) is 11.3 Å². The largest absolute Gasteiger partial charge is 0.298 e. The van der Waals surface area contributed by atoms with Crippen LogP contribution in [0.3, 0.4) is 0 Å². The molecule has 1 heterocycles. The number of carbonyl (C=O) groups excluding carboxylic acids is 2. The average Bonchev–Trinajstić information content (AvgIpc) is 3.06. The summed E-state index contributed by atoms with van der Waals surface area (Å²) < 4.78 is 0. The van der Waals surface area contributed by atoms with E-state index in [1.165, 1.54) is 0 Å². The van der Waals surface area contributed by atoms with Gasteiger partial charge in [-0.05, 0) is 23.3 Å².